The quantitative estimate of drug-likeness (QED) is 0.589. The van der Waals surface area contributed by atoms with Crippen molar-refractivity contribution in [3.05, 3.63) is 59.7 Å². The standard InChI is InChI=1S/C24H32N2O4S2/c1-19-9-5-6-15-26(19)16-8-14-25-17-20-10-7-13-22-24(20)23(18-31(22,27)28)32(29,30)21-11-3-2-4-12-21/h2-4,7,10-13,19,23,25H,5-6,8-9,14-18H2,1H3. The number of hydrogen-bond donors (Lipinski definition) is 1. The molecule has 2 aromatic carbocycles. The zero-order valence-electron chi connectivity index (χ0n) is 18.5. The Kier molecular flexibility index (Phi) is 7.05. The lowest BCUT2D eigenvalue weighted by Gasteiger charge is -2.33. The van der Waals surface area contributed by atoms with Crippen molar-refractivity contribution in [1.82, 2.24) is 10.2 Å². The van der Waals surface area contributed by atoms with Crippen LogP contribution in [-0.2, 0) is 26.2 Å². The molecule has 8 heteroatoms. The van der Waals surface area contributed by atoms with Gasteiger partial charge in [0.15, 0.2) is 19.7 Å². The molecule has 0 spiro atoms. The number of hydrogen-bond acceptors (Lipinski definition) is 6. The van der Waals surface area contributed by atoms with Crippen molar-refractivity contribution in [1.29, 1.82) is 0 Å². The van der Waals surface area contributed by atoms with Crippen LogP contribution in [0.2, 0.25) is 0 Å². The molecule has 1 fully saturated rings. The van der Waals surface area contributed by atoms with Crippen LogP contribution < -0.4 is 5.32 Å². The molecular weight excluding hydrogens is 444 g/mol. The average molecular weight is 477 g/mol. The number of rotatable bonds is 8. The summed E-state index contributed by atoms with van der Waals surface area (Å²) < 4.78 is 52.2. The minimum absolute atomic E-state index is 0.156. The van der Waals surface area contributed by atoms with E-state index < -0.39 is 30.7 Å². The summed E-state index contributed by atoms with van der Waals surface area (Å²) in [5.74, 6) is -0.399. The smallest absolute Gasteiger partial charge is 0.186 e. The lowest BCUT2D eigenvalue weighted by atomic mass is 10.0. The van der Waals surface area contributed by atoms with Crippen LogP contribution in [0.15, 0.2) is 58.3 Å². The molecule has 2 aromatic rings. The van der Waals surface area contributed by atoms with Crippen molar-refractivity contribution in [2.24, 2.45) is 0 Å². The minimum atomic E-state index is -3.82. The highest BCUT2D eigenvalue weighted by Gasteiger charge is 2.44. The van der Waals surface area contributed by atoms with Crippen LogP contribution >= 0.6 is 0 Å². The van der Waals surface area contributed by atoms with Gasteiger partial charge in [0.05, 0.1) is 15.5 Å². The van der Waals surface area contributed by atoms with Crippen LogP contribution in [0.5, 0.6) is 0 Å². The fraction of sp³-hybridized carbons (Fsp3) is 0.500. The van der Waals surface area contributed by atoms with Crippen LogP contribution in [0, 0.1) is 0 Å². The molecule has 174 valence electrons. The lowest BCUT2D eigenvalue weighted by molar-refractivity contribution is 0.159. The molecule has 0 radical (unpaired) electrons. The normalized spacial score (nSPS) is 23.2. The maximum absolute atomic E-state index is 13.3. The Labute approximate surface area is 191 Å². The summed E-state index contributed by atoms with van der Waals surface area (Å²) in [5, 5.41) is 2.34. The third kappa shape index (κ3) is 4.78. The molecule has 0 aliphatic carbocycles. The summed E-state index contributed by atoms with van der Waals surface area (Å²) in [4.78, 5) is 2.84. The molecule has 2 heterocycles. The third-order valence-corrected chi connectivity index (χ3v) is 10.8. The lowest BCUT2D eigenvalue weighted by Crippen LogP contribution is -2.38. The molecule has 2 aliphatic rings. The van der Waals surface area contributed by atoms with Crippen LogP contribution in [0.1, 0.15) is 49.0 Å². The van der Waals surface area contributed by atoms with Gasteiger partial charge in [-0.05, 0) is 75.1 Å². The van der Waals surface area contributed by atoms with Gasteiger partial charge < -0.3 is 10.2 Å². The maximum Gasteiger partial charge on any atom is 0.186 e. The van der Waals surface area contributed by atoms with E-state index in [0.717, 1.165) is 31.6 Å². The average Bonchev–Trinajstić information content (AvgIpc) is 3.08. The first-order chi connectivity index (χ1) is 15.3. The molecule has 1 saturated heterocycles. The number of sulfone groups is 2. The molecule has 0 aromatic heterocycles. The van der Waals surface area contributed by atoms with Crippen molar-refractivity contribution in [2.75, 3.05) is 25.4 Å². The van der Waals surface area contributed by atoms with Crippen molar-refractivity contribution < 1.29 is 16.8 Å². The van der Waals surface area contributed by atoms with Crippen molar-refractivity contribution in [3.63, 3.8) is 0 Å². The predicted molar refractivity (Wildman–Crippen MR) is 126 cm³/mol. The zero-order valence-corrected chi connectivity index (χ0v) is 20.2. The molecule has 32 heavy (non-hydrogen) atoms. The van der Waals surface area contributed by atoms with E-state index in [1.807, 2.05) is 6.07 Å². The molecule has 0 bridgehead atoms. The van der Waals surface area contributed by atoms with Gasteiger partial charge in [0.2, 0.25) is 0 Å². The molecule has 0 saturated carbocycles. The van der Waals surface area contributed by atoms with Gasteiger partial charge in [-0.2, -0.15) is 0 Å². The third-order valence-electron chi connectivity index (χ3n) is 6.69. The van der Waals surface area contributed by atoms with Gasteiger partial charge in [-0.3, -0.25) is 0 Å². The van der Waals surface area contributed by atoms with Crippen molar-refractivity contribution in [2.45, 2.75) is 60.2 Å². The van der Waals surface area contributed by atoms with Gasteiger partial charge in [-0.15, -0.1) is 0 Å². The summed E-state index contributed by atoms with van der Waals surface area (Å²) in [6, 6.07) is 13.8. The molecule has 6 nitrogen and oxygen atoms in total. The molecule has 1 N–H and O–H groups in total. The van der Waals surface area contributed by atoms with E-state index in [4.69, 9.17) is 0 Å². The van der Waals surface area contributed by atoms with Gasteiger partial charge >= 0.3 is 0 Å². The van der Waals surface area contributed by atoms with Gasteiger partial charge in [0.25, 0.3) is 0 Å². The number of nitrogens with one attached hydrogen (secondary N) is 1. The SMILES string of the molecule is CC1CCCCN1CCCNCc1cccc2c1C(S(=O)(=O)c1ccccc1)CS2(=O)=O. The molecule has 2 aliphatic heterocycles. The first-order valence-corrected chi connectivity index (χ1v) is 14.6. The van der Waals surface area contributed by atoms with E-state index >= 15 is 0 Å². The van der Waals surface area contributed by atoms with Crippen LogP contribution in [0.25, 0.3) is 0 Å². The van der Waals surface area contributed by atoms with Crippen LogP contribution in [-0.4, -0.2) is 53.2 Å². The molecule has 2 unspecified atom stereocenters. The topological polar surface area (TPSA) is 83.6 Å². The first-order valence-electron chi connectivity index (χ1n) is 11.4. The van der Waals surface area contributed by atoms with Crippen LogP contribution in [0.4, 0.5) is 0 Å². The summed E-state index contributed by atoms with van der Waals surface area (Å²) in [6.07, 6.45) is 4.84. The van der Waals surface area contributed by atoms with Crippen molar-refractivity contribution in [3.8, 4) is 0 Å². The van der Waals surface area contributed by atoms with E-state index in [1.165, 1.54) is 37.5 Å². The van der Waals surface area contributed by atoms with E-state index in [1.54, 1.807) is 24.3 Å². The Balaban J connectivity index is 1.49. The number of nitrogens with zero attached hydrogens (tertiary/aromatic N) is 1. The maximum atomic E-state index is 13.3. The van der Waals surface area contributed by atoms with Gasteiger partial charge in [-0.1, -0.05) is 36.8 Å². The fourth-order valence-corrected chi connectivity index (χ4v) is 9.31. The second-order valence-corrected chi connectivity index (χ2v) is 13.0. The molecule has 0 amide bonds. The van der Waals surface area contributed by atoms with E-state index in [0.29, 0.717) is 18.2 Å². The second kappa shape index (κ2) is 9.63. The highest BCUT2D eigenvalue weighted by molar-refractivity contribution is 7.96. The number of fused-ring (bicyclic) bond motifs is 1. The van der Waals surface area contributed by atoms with E-state index in [2.05, 4.69) is 17.1 Å². The summed E-state index contributed by atoms with van der Waals surface area (Å²) in [7, 11) is -7.45. The monoisotopic (exact) mass is 476 g/mol. The number of piperidine rings is 1. The molecule has 2 atom stereocenters. The number of likely N-dealkylation sites (tertiary alicyclic amines) is 1. The Hall–Kier alpha value is -1.74. The Bertz CT molecular complexity index is 1150. The van der Waals surface area contributed by atoms with E-state index in [9.17, 15) is 16.8 Å². The highest BCUT2D eigenvalue weighted by Crippen LogP contribution is 2.42. The Morgan fingerprint density at radius 2 is 1.84 bits per heavy atom. The molecule has 4 rings (SSSR count). The summed E-state index contributed by atoms with van der Waals surface area (Å²) >= 11 is 0. The van der Waals surface area contributed by atoms with Crippen LogP contribution in [0.3, 0.4) is 0 Å². The highest BCUT2D eigenvalue weighted by atomic mass is 32.2. The van der Waals surface area contributed by atoms with E-state index in [-0.39, 0.29) is 9.79 Å². The second-order valence-electron chi connectivity index (χ2n) is 8.87. The number of benzene rings is 2. The Morgan fingerprint density at radius 1 is 1.06 bits per heavy atom. The fourth-order valence-electron chi connectivity index (χ4n) is 4.89. The van der Waals surface area contributed by atoms with Crippen molar-refractivity contribution >= 4 is 19.7 Å². The summed E-state index contributed by atoms with van der Waals surface area (Å²) in [5.41, 5.74) is 1.19. The summed E-state index contributed by atoms with van der Waals surface area (Å²) in [6.45, 7) is 5.74. The zero-order chi connectivity index (χ0) is 22.8. The van der Waals surface area contributed by atoms with Gasteiger partial charge in [0, 0.05) is 12.6 Å². The largest absolute Gasteiger partial charge is 0.313 e. The first kappa shape index (κ1) is 23.4. The minimum Gasteiger partial charge on any atom is -0.313 e. The Morgan fingerprint density at radius 3 is 2.59 bits per heavy atom. The van der Waals surface area contributed by atoms with Gasteiger partial charge in [-0.25, -0.2) is 16.8 Å². The van der Waals surface area contributed by atoms with Gasteiger partial charge in [0.1, 0.15) is 5.25 Å². The predicted octanol–water partition coefficient (Wildman–Crippen LogP) is 3.34. The molecular formula is C24H32N2O4S2.